The lowest BCUT2D eigenvalue weighted by molar-refractivity contribution is -0.121. The Hall–Kier alpha value is -3.04. The number of hydrogen-bond donors (Lipinski definition) is 2. The van der Waals surface area contributed by atoms with Crippen molar-refractivity contribution < 1.29 is 14.1 Å². The van der Waals surface area contributed by atoms with Crippen molar-refractivity contribution >= 4 is 28.8 Å². The molecule has 1 fully saturated rings. The Kier molecular flexibility index (Phi) is 7.28. The fraction of sp³-hybridized carbons (Fsp3) is 0.391. The van der Waals surface area contributed by atoms with Crippen molar-refractivity contribution in [2.75, 3.05) is 25.0 Å². The van der Waals surface area contributed by atoms with E-state index in [1.165, 1.54) is 0 Å². The third-order valence-electron chi connectivity index (χ3n) is 5.41. The van der Waals surface area contributed by atoms with Gasteiger partial charge in [-0.25, -0.2) is 0 Å². The second-order valence-electron chi connectivity index (χ2n) is 7.85. The molecule has 1 unspecified atom stereocenters. The van der Waals surface area contributed by atoms with Gasteiger partial charge in [-0.15, -0.1) is 11.3 Å². The average molecular weight is 454 g/mol. The molecule has 0 radical (unpaired) electrons. The number of nitrogens with zero attached hydrogens (tertiary/aromatic N) is 3. The van der Waals surface area contributed by atoms with Crippen molar-refractivity contribution in [3.05, 3.63) is 53.2 Å². The normalized spacial score (nSPS) is 16.6. The van der Waals surface area contributed by atoms with Crippen molar-refractivity contribution in [1.82, 2.24) is 20.4 Å². The van der Waals surface area contributed by atoms with Crippen molar-refractivity contribution in [2.24, 2.45) is 5.92 Å². The summed E-state index contributed by atoms with van der Waals surface area (Å²) < 4.78 is 5.42. The van der Waals surface area contributed by atoms with E-state index in [1.54, 1.807) is 29.5 Å². The number of amides is 2. The zero-order valence-electron chi connectivity index (χ0n) is 18.0. The largest absolute Gasteiger partial charge is 0.352 e. The van der Waals surface area contributed by atoms with Crippen LogP contribution in [0.1, 0.15) is 42.4 Å². The van der Waals surface area contributed by atoms with E-state index in [1.807, 2.05) is 30.5 Å². The summed E-state index contributed by atoms with van der Waals surface area (Å²) in [5, 5.41) is 11.9. The molecule has 9 heteroatoms. The summed E-state index contributed by atoms with van der Waals surface area (Å²) in [6, 6.07) is 11.0. The van der Waals surface area contributed by atoms with Gasteiger partial charge in [0, 0.05) is 13.1 Å². The first-order valence-corrected chi connectivity index (χ1v) is 11.8. The monoisotopic (exact) mass is 453 g/mol. The van der Waals surface area contributed by atoms with Crippen LogP contribution in [-0.4, -0.2) is 46.5 Å². The fourth-order valence-electron chi connectivity index (χ4n) is 3.79. The Bertz CT molecular complexity index is 1050. The van der Waals surface area contributed by atoms with Gasteiger partial charge in [0.05, 0.1) is 28.6 Å². The molecule has 2 amide bonds. The molecule has 0 spiro atoms. The average Bonchev–Trinajstić information content (AvgIpc) is 3.50. The molecule has 2 aromatic heterocycles. The Morgan fingerprint density at radius 1 is 1.25 bits per heavy atom. The van der Waals surface area contributed by atoms with Gasteiger partial charge in [-0.1, -0.05) is 30.3 Å². The summed E-state index contributed by atoms with van der Waals surface area (Å²) >= 11 is 1.57. The van der Waals surface area contributed by atoms with Crippen LogP contribution in [-0.2, 0) is 11.3 Å². The van der Waals surface area contributed by atoms with E-state index in [0.717, 1.165) is 30.7 Å². The molecule has 2 N–H and O–H groups in total. The van der Waals surface area contributed by atoms with Gasteiger partial charge < -0.3 is 15.2 Å². The van der Waals surface area contributed by atoms with Crippen LogP contribution in [0.25, 0.3) is 10.7 Å². The minimum atomic E-state index is -0.175. The van der Waals surface area contributed by atoms with Crippen LogP contribution >= 0.6 is 11.3 Å². The van der Waals surface area contributed by atoms with Crippen LogP contribution in [0.4, 0.5) is 5.69 Å². The molecule has 1 aliphatic heterocycles. The van der Waals surface area contributed by atoms with E-state index in [4.69, 9.17) is 4.52 Å². The summed E-state index contributed by atoms with van der Waals surface area (Å²) in [6.45, 7) is 4.59. The summed E-state index contributed by atoms with van der Waals surface area (Å²) in [5.41, 5.74) is 1.02. The molecule has 8 nitrogen and oxygen atoms in total. The van der Waals surface area contributed by atoms with Crippen LogP contribution < -0.4 is 10.6 Å². The molecule has 1 saturated heterocycles. The second-order valence-corrected chi connectivity index (χ2v) is 8.80. The number of likely N-dealkylation sites (tertiary alicyclic amines) is 1. The van der Waals surface area contributed by atoms with Gasteiger partial charge in [-0.05, 0) is 49.4 Å². The van der Waals surface area contributed by atoms with E-state index >= 15 is 0 Å². The number of benzene rings is 1. The summed E-state index contributed by atoms with van der Waals surface area (Å²) in [5.74, 6) is 0.725. The van der Waals surface area contributed by atoms with Crippen LogP contribution in [0.3, 0.4) is 0 Å². The Morgan fingerprint density at radius 3 is 2.94 bits per heavy atom. The molecular weight excluding hydrogens is 426 g/mol. The van der Waals surface area contributed by atoms with Crippen LogP contribution in [0.5, 0.6) is 0 Å². The van der Waals surface area contributed by atoms with Gasteiger partial charge in [-0.2, -0.15) is 4.98 Å². The molecule has 4 rings (SSSR count). The molecule has 1 aliphatic rings. The molecule has 1 atom stereocenters. The molecule has 1 aromatic carbocycles. The molecule has 168 valence electrons. The Balaban J connectivity index is 1.37. The van der Waals surface area contributed by atoms with Gasteiger partial charge >= 0.3 is 0 Å². The SMILES string of the molecule is CCCNC(=O)c1ccccc1NC(=O)C1CCCN(Cc2nc(-c3cccs3)no2)C1. The van der Waals surface area contributed by atoms with E-state index in [-0.39, 0.29) is 17.7 Å². The van der Waals surface area contributed by atoms with Crippen LogP contribution in [0.15, 0.2) is 46.3 Å². The zero-order valence-corrected chi connectivity index (χ0v) is 18.9. The number of piperidine rings is 1. The smallest absolute Gasteiger partial charge is 0.253 e. The number of hydrogen-bond acceptors (Lipinski definition) is 7. The predicted octanol–water partition coefficient (Wildman–Crippen LogP) is 3.79. The molecule has 0 aliphatic carbocycles. The van der Waals surface area contributed by atoms with Gasteiger partial charge in [0.25, 0.3) is 5.91 Å². The molecular formula is C23H27N5O3S. The third-order valence-corrected chi connectivity index (χ3v) is 6.28. The van der Waals surface area contributed by atoms with Crippen LogP contribution in [0.2, 0.25) is 0 Å². The summed E-state index contributed by atoms with van der Waals surface area (Å²) in [4.78, 5) is 33.0. The van der Waals surface area contributed by atoms with Gasteiger partial charge in [0.1, 0.15) is 0 Å². The highest BCUT2D eigenvalue weighted by Gasteiger charge is 2.28. The fourth-order valence-corrected chi connectivity index (χ4v) is 4.44. The van der Waals surface area contributed by atoms with Crippen molar-refractivity contribution in [3.63, 3.8) is 0 Å². The van der Waals surface area contributed by atoms with E-state index in [2.05, 4.69) is 25.7 Å². The maximum absolute atomic E-state index is 13.0. The number of carbonyl (C=O) groups is 2. The summed E-state index contributed by atoms with van der Waals surface area (Å²) in [6.07, 6.45) is 2.56. The molecule has 32 heavy (non-hydrogen) atoms. The molecule has 3 aromatic rings. The molecule has 3 heterocycles. The maximum atomic E-state index is 13.0. The van der Waals surface area contributed by atoms with E-state index in [9.17, 15) is 9.59 Å². The number of rotatable bonds is 8. The third kappa shape index (κ3) is 5.41. The quantitative estimate of drug-likeness (QED) is 0.538. The number of thiophene rings is 1. The standard InChI is InChI=1S/C23H27N5O3S/c1-2-11-24-23(30)17-8-3-4-9-18(17)25-22(29)16-7-5-12-28(14-16)15-20-26-21(27-31-20)19-10-6-13-32-19/h3-4,6,8-10,13,16H,2,5,7,11-12,14-15H2,1H3,(H,24,30)(H,25,29). The highest BCUT2D eigenvalue weighted by Crippen LogP contribution is 2.24. The van der Waals surface area contributed by atoms with Gasteiger partial charge in [-0.3, -0.25) is 14.5 Å². The minimum absolute atomic E-state index is 0.0738. The number of aromatic nitrogens is 2. The number of anilines is 1. The first-order chi connectivity index (χ1) is 15.6. The first kappa shape index (κ1) is 22.2. The zero-order chi connectivity index (χ0) is 22.3. The van der Waals surface area contributed by atoms with Gasteiger partial charge in [0.15, 0.2) is 0 Å². The number of para-hydroxylation sites is 1. The van der Waals surface area contributed by atoms with E-state index in [0.29, 0.717) is 42.6 Å². The van der Waals surface area contributed by atoms with Crippen molar-refractivity contribution in [3.8, 4) is 10.7 Å². The van der Waals surface area contributed by atoms with Crippen LogP contribution in [0, 0.1) is 5.92 Å². The summed E-state index contributed by atoms with van der Waals surface area (Å²) in [7, 11) is 0. The minimum Gasteiger partial charge on any atom is -0.352 e. The topological polar surface area (TPSA) is 100 Å². The van der Waals surface area contributed by atoms with Crippen molar-refractivity contribution in [1.29, 1.82) is 0 Å². The highest BCUT2D eigenvalue weighted by molar-refractivity contribution is 7.13. The lowest BCUT2D eigenvalue weighted by atomic mass is 9.96. The number of carbonyl (C=O) groups excluding carboxylic acids is 2. The second kappa shape index (κ2) is 10.5. The highest BCUT2D eigenvalue weighted by atomic mass is 32.1. The van der Waals surface area contributed by atoms with Crippen molar-refractivity contribution in [2.45, 2.75) is 32.7 Å². The predicted molar refractivity (Wildman–Crippen MR) is 123 cm³/mol. The molecule has 0 bridgehead atoms. The Labute approximate surface area is 191 Å². The lowest BCUT2D eigenvalue weighted by Gasteiger charge is -2.31. The maximum Gasteiger partial charge on any atom is 0.253 e. The Morgan fingerprint density at radius 2 is 2.12 bits per heavy atom. The first-order valence-electron chi connectivity index (χ1n) is 10.9. The van der Waals surface area contributed by atoms with Gasteiger partial charge in [0.2, 0.25) is 17.6 Å². The lowest BCUT2D eigenvalue weighted by Crippen LogP contribution is -2.40. The number of nitrogens with one attached hydrogen (secondary N) is 2. The van der Waals surface area contributed by atoms with E-state index < -0.39 is 0 Å². The molecule has 0 saturated carbocycles.